The fraction of sp³-hybridized carbons (Fsp3) is 0.143. The van der Waals surface area contributed by atoms with Gasteiger partial charge < -0.3 is 10.1 Å². The zero-order valence-electron chi connectivity index (χ0n) is 14.6. The second kappa shape index (κ2) is 7.97. The standard InChI is InChI=1S/C21H19NO3S/c1-3-14-13-18(26-19(14)15-9-5-4-6-10-15)20(23)22-17-12-8-7-11-16(17)21(24)25-2/h4-13H,3H2,1-2H3,(H,22,23). The largest absolute Gasteiger partial charge is 0.465 e. The normalized spacial score (nSPS) is 10.4. The van der Waals surface area contributed by atoms with Gasteiger partial charge in [-0.15, -0.1) is 11.3 Å². The Labute approximate surface area is 156 Å². The summed E-state index contributed by atoms with van der Waals surface area (Å²) in [5.41, 5.74) is 3.01. The molecule has 1 amide bonds. The minimum absolute atomic E-state index is 0.233. The number of anilines is 1. The van der Waals surface area contributed by atoms with Crippen molar-refractivity contribution in [2.24, 2.45) is 0 Å². The Morgan fingerprint density at radius 1 is 1.04 bits per heavy atom. The number of rotatable bonds is 5. The highest BCUT2D eigenvalue weighted by atomic mass is 32.1. The van der Waals surface area contributed by atoms with Crippen molar-refractivity contribution in [1.82, 2.24) is 0 Å². The Balaban J connectivity index is 1.90. The molecule has 3 aromatic rings. The molecule has 4 nitrogen and oxygen atoms in total. The van der Waals surface area contributed by atoms with Crippen LogP contribution in [0.25, 0.3) is 10.4 Å². The van der Waals surface area contributed by atoms with E-state index in [-0.39, 0.29) is 5.91 Å². The van der Waals surface area contributed by atoms with Gasteiger partial charge in [0, 0.05) is 4.88 Å². The number of para-hydroxylation sites is 1. The van der Waals surface area contributed by atoms with E-state index in [1.807, 2.05) is 36.4 Å². The second-order valence-electron chi connectivity index (χ2n) is 5.68. The van der Waals surface area contributed by atoms with Gasteiger partial charge in [0.2, 0.25) is 0 Å². The number of esters is 1. The molecule has 0 saturated heterocycles. The number of amides is 1. The van der Waals surface area contributed by atoms with Gasteiger partial charge in [-0.3, -0.25) is 4.79 Å². The first-order valence-corrected chi connectivity index (χ1v) is 9.12. The van der Waals surface area contributed by atoms with Gasteiger partial charge in [-0.25, -0.2) is 4.79 Å². The van der Waals surface area contributed by atoms with Gasteiger partial charge in [0.25, 0.3) is 5.91 Å². The summed E-state index contributed by atoms with van der Waals surface area (Å²) in [6.07, 6.45) is 0.840. The predicted molar refractivity (Wildman–Crippen MR) is 105 cm³/mol. The summed E-state index contributed by atoms with van der Waals surface area (Å²) in [5.74, 6) is -0.713. The number of ether oxygens (including phenoxy) is 1. The summed E-state index contributed by atoms with van der Waals surface area (Å²) in [5, 5.41) is 2.83. The highest BCUT2D eigenvalue weighted by Gasteiger charge is 2.18. The molecular formula is C21H19NO3S. The van der Waals surface area contributed by atoms with Crippen molar-refractivity contribution in [3.05, 3.63) is 76.7 Å². The van der Waals surface area contributed by atoms with Crippen molar-refractivity contribution in [3.8, 4) is 10.4 Å². The molecule has 2 aromatic carbocycles. The van der Waals surface area contributed by atoms with Crippen LogP contribution in [-0.4, -0.2) is 19.0 Å². The Bertz CT molecular complexity index is 931. The molecule has 0 radical (unpaired) electrons. The quantitative estimate of drug-likeness (QED) is 0.646. The molecule has 0 aliphatic carbocycles. The molecule has 0 saturated carbocycles. The SMILES string of the molecule is CCc1cc(C(=O)Nc2ccccc2C(=O)OC)sc1-c1ccccc1. The van der Waals surface area contributed by atoms with Crippen LogP contribution in [-0.2, 0) is 11.2 Å². The van der Waals surface area contributed by atoms with Crippen LogP contribution >= 0.6 is 11.3 Å². The summed E-state index contributed by atoms with van der Waals surface area (Å²) in [6.45, 7) is 2.07. The number of hydrogen-bond acceptors (Lipinski definition) is 4. The van der Waals surface area contributed by atoms with Gasteiger partial charge in [0.15, 0.2) is 0 Å². The van der Waals surface area contributed by atoms with Gasteiger partial charge in [-0.05, 0) is 35.7 Å². The molecule has 132 valence electrons. The Hall–Kier alpha value is -2.92. The Kier molecular flexibility index (Phi) is 5.49. The van der Waals surface area contributed by atoms with Crippen LogP contribution in [0.5, 0.6) is 0 Å². The fourth-order valence-electron chi connectivity index (χ4n) is 2.70. The van der Waals surface area contributed by atoms with Crippen molar-refractivity contribution in [2.45, 2.75) is 13.3 Å². The van der Waals surface area contributed by atoms with E-state index < -0.39 is 5.97 Å². The van der Waals surface area contributed by atoms with Gasteiger partial charge in [0.1, 0.15) is 0 Å². The van der Waals surface area contributed by atoms with E-state index in [1.54, 1.807) is 24.3 Å². The molecule has 3 rings (SSSR count). The van der Waals surface area contributed by atoms with E-state index in [0.717, 1.165) is 22.4 Å². The topological polar surface area (TPSA) is 55.4 Å². The van der Waals surface area contributed by atoms with E-state index in [9.17, 15) is 9.59 Å². The lowest BCUT2D eigenvalue weighted by molar-refractivity contribution is 0.0602. The van der Waals surface area contributed by atoms with Crippen molar-refractivity contribution in [2.75, 3.05) is 12.4 Å². The third-order valence-electron chi connectivity index (χ3n) is 4.03. The minimum Gasteiger partial charge on any atom is -0.465 e. The third-order valence-corrected chi connectivity index (χ3v) is 5.26. The molecule has 0 atom stereocenters. The van der Waals surface area contributed by atoms with E-state index in [2.05, 4.69) is 12.2 Å². The smallest absolute Gasteiger partial charge is 0.339 e. The zero-order chi connectivity index (χ0) is 18.5. The van der Waals surface area contributed by atoms with Crippen LogP contribution in [0.2, 0.25) is 0 Å². The maximum Gasteiger partial charge on any atom is 0.339 e. The summed E-state index contributed by atoms with van der Waals surface area (Å²) in [6, 6.07) is 18.8. The van der Waals surface area contributed by atoms with Gasteiger partial charge >= 0.3 is 5.97 Å². The number of aryl methyl sites for hydroxylation is 1. The Morgan fingerprint density at radius 3 is 2.42 bits per heavy atom. The Morgan fingerprint density at radius 2 is 1.73 bits per heavy atom. The highest BCUT2D eigenvalue weighted by molar-refractivity contribution is 7.17. The summed E-state index contributed by atoms with van der Waals surface area (Å²) in [4.78, 5) is 26.3. The molecule has 0 bridgehead atoms. The molecule has 26 heavy (non-hydrogen) atoms. The maximum absolute atomic E-state index is 12.7. The van der Waals surface area contributed by atoms with Gasteiger partial charge in [-0.2, -0.15) is 0 Å². The van der Waals surface area contributed by atoms with E-state index >= 15 is 0 Å². The van der Waals surface area contributed by atoms with Crippen molar-refractivity contribution in [3.63, 3.8) is 0 Å². The van der Waals surface area contributed by atoms with Crippen LogP contribution in [0, 0.1) is 0 Å². The number of carbonyl (C=O) groups is 2. The summed E-state index contributed by atoms with van der Waals surface area (Å²) < 4.78 is 4.78. The first-order valence-electron chi connectivity index (χ1n) is 8.30. The summed E-state index contributed by atoms with van der Waals surface area (Å²) in [7, 11) is 1.32. The molecule has 0 fully saturated rings. The van der Waals surface area contributed by atoms with E-state index in [0.29, 0.717) is 16.1 Å². The van der Waals surface area contributed by atoms with E-state index in [4.69, 9.17) is 4.74 Å². The van der Waals surface area contributed by atoms with Gasteiger partial charge in [0.05, 0.1) is 23.2 Å². The molecule has 1 aromatic heterocycles. The van der Waals surface area contributed by atoms with Gasteiger partial charge in [-0.1, -0.05) is 49.4 Å². The van der Waals surface area contributed by atoms with Crippen molar-refractivity contribution in [1.29, 1.82) is 0 Å². The number of methoxy groups -OCH3 is 1. The molecule has 1 N–H and O–H groups in total. The van der Waals surface area contributed by atoms with Crippen molar-refractivity contribution >= 4 is 28.9 Å². The predicted octanol–water partition coefficient (Wildman–Crippen LogP) is 5.02. The van der Waals surface area contributed by atoms with E-state index in [1.165, 1.54) is 18.4 Å². The van der Waals surface area contributed by atoms with Crippen molar-refractivity contribution < 1.29 is 14.3 Å². The third kappa shape index (κ3) is 3.68. The molecule has 0 unspecified atom stereocenters. The van der Waals surface area contributed by atoms with Crippen LogP contribution in [0.3, 0.4) is 0 Å². The van der Waals surface area contributed by atoms with Crippen LogP contribution < -0.4 is 5.32 Å². The first kappa shape index (κ1) is 17.9. The molecule has 1 heterocycles. The number of hydrogen-bond donors (Lipinski definition) is 1. The lowest BCUT2D eigenvalue weighted by atomic mass is 10.1. The first-order chi connectivity index (χ1) is 12.6. The lowest BCUT2D eigenvalue weighted by Gasteiger charge is -2.08. The molecule has 5 heteroatoms. The number of carbonyl (C=O) groups excluding carboxylic acids is 2. The highest BCUT2D eigenvalue weighted by Crippen LogP contribution is 2.33. The molecular weight excluding hydrogens is 346 g/mol. The minimum atomic E-state index is -0.480. The molecule has 0 aliphatic heterocycles. The van der Waals surface area contributed by atoms with Crippen LogP contribution in [0.15, 0.2) is 60.7 Å². The van der Waals surface area contributed by atoms with Crippen LogP contribution in [0.4, 0.5) is 5.69 Å². The second-order valence-corrected chi connectivity index (χ2v) is 6.73. The maximum atomic E-state index is 12.7. The molecule has 0 spiro atoms. The fourth-order valence-corrected chi connectivity index (χ4v) is 3.85. The lowest BCUT2D eigenvalue weighted by Crippen LogP contribution is -2.14. The number of nitrogens with one attached hydrogen (secondary N) is 1. The monoisotopic (exact) mass is 365 g/mol. The zero-order valence-corrected chi connectivity index (χ0v) is 15.4. The summed E-state index contributed by atoms with van der Waals surface area (Å²) >= 11 is 1.46. The number of benzene rings is 2. The molecule has 0 aliphatic rings. The number of thiophene rings is 1. The average molecular weight is 365 g/mol. The average Bonchev–Trinajstić information content (AvgIpc) is 3.13. The van der Waals surface area contributed by atoms with Crippen LogP contribution in [0.1, 0.15) is 32.5 Å².